The van der Waals surface area contributed by atoms with Crippen molar-refractivity contribution in [2.75, 3.05) is 7.11 Å². The first-order chi connectivity index (χ1) is 11.5. The molecule has 3 heterocycles. The van der Waals surface area contributed by atoms with Crippen LogP contribution < -0.4 is 5.32 Å². The summed E-state index contributed by atoms with van der Waals surface area (Å²) in [4.78, 5) is 36.6. The van der Waals surface area contributed by atoms with Gasteiger partial charge in [-0.3, -0.25) is 9.69 Å². The normalized spacial score (nSPS) is 15.9. The number of methoxy groups -OCH3 is 1. The van der Waals surface area contributed by atoms with Crippen molar-refractivity contribution in [3.63, 3.8) is 0 Å². The number of esters is 1. The highest BCUT2D eigenvalue weighted by molar-refractivity contribution is 6.13. The summed E-state index contributed by atoms with van der Waals surface area (Å²) in [5.74, 6) is 0.304. The molecular formula is C16H14N2O6. The van der Waals surface area contributed by atoms with Gasteiger partial charge in [-0.05, 0) is 31.2 Å². The molecule has 1 aliphatic heterocycles. The third kappa shape index (κ3) is 2.94. The van der Waals surface area contributed by atoms with E-state index in [1.165, 1.54) is 25.3 Å². The van der Waals surface area contributed by atoms with Crippen LogP contribution in [0, 0.1) is 6.92 Å². The number of hydrogen-bond acceptors (Lipinski definition) is 6. The Balaban J connectivity index is 1.76. The van der Waals surface area contributed by atoms with Crippen molar-refractivity contribution >= 4 is 24.0 Å². The maximum absolute atomic E-state index is 12.3. The third-order valence-electron chi connectivity index (χ3n) is 3.37. The van der Waals surface area contributed by atoms with E-state index in [9.17, 15) is 14.4 Å². The SMILES string of the molecule is COC(=O)c1ccc(CN2C(=O)NC(=Cc3ccc(C)o3)C2=O)o1. The molecule has 3 amide bonds. The molecule has 0 radical (unpaired) electrons. The topological polar surface area (TPSA) is 102 Å². The van der Waals surface area contributed by atoms with E-state index >= 15 is 0 Å². The monoisotopic (exact) mass is 330 g/mol. The van der Waals surface area contributed by atoms with Crippen molar-refractivity contribution in [1.82, 2.24) is 10.2 Å². The molecule has 0 atom stereocenters. The molecule has 1 fully saturated rings. The summed E-state index contributed by atoms with van der Waals surface area (Å²) >= 11 is 0. The number of amides is 3. The highest BCUT2D eigenvalue weighted by Crippen LogP contribution is 2.19. The molecule has 0 saturated carbocycles. The Kier molecular flexibility index (Phi) is 3.95. The van der Waals surface area contributed by atoms with E-state index in [0.717, 1.165) is 4.90 Å². The number of ether oxygens (including phenoxy) is 1. The summed E-state index contributed by atoms with van der Waals surface area (Å²) in [6, 6.07) is 5.79. The molecule has 2 aromatic heterocycles. The summed E-state index contributed by atoms with van der Waals surface area (Å²) in [6.45, 7) is 1.68. The minimum absolute atomic E-state index is 0.00128. The molecule has 1 N–H and O–H groups in total. The van der Waals surface area contributed by atoms with Crippen molar-refractivity contribution in [3.8, 4) is 0 Å². The van der Waals surface area contributed by atoms with E-state index in [4.69, 9.17) is 8.83 Å². The Hall–Kier alpha value is -3.29. The van der Waals surface area contributed by atoms with Crippen molar-refractivity contribution in [1.29, 1.82) is 0 Å². The van der Waals surface area contributed by atoms with Gasteiger partial charge in [0.05, 0.1) is 13.7 Å². The number of carbonyl (C=O) groups excluding carboxylic acids is 3. The maximum atomic E-state index is 12.3. The lowest BCUT2D eigenvalue weighted by atomic mass is 10.3. The summed E-state index contributed by atoms with van der Waals surface area (Å²) < 4.78 is 15.2. The molecule has 8 nitrogen and oxygen atoms in total. The number of nitrogens with one attached hydrogen (secondary N) is 1. The molecule has 2 aromatic rings. The molecule has 0 unspecified atom stereocenters. The first kappa shape index (κ1) is 15.6. The van der Waals surface area contributed by atoms with Crippen molar-refractivity contribution < 1.29 is 28.0 Å². The zero-order chi connectivity index (χ0) is 17.3. The highest BCUT2D eigenvalue weighted by Gasteiger charge is 2.34. The molecule has 24 heavy (non-hydrogen) atoms. The fourth-order valence-electron chi connectivity index (χ4n) is 2.22. The molecule has 0 aliphatic carbocycles. The standard InChI is InChI=1S/C16H14N2O6/c1-9-3-4-10(23-9)7-12-14(19)18(16(21)17-12)8-11-5-6-13(24-11)15(20)22-2/h3-7H,8H2,1-2H3,(H,17,21). The van der Waals surface area contributed by atoms with Gasteiger partial charge in [0, 0.05) is 6.08 Å². The smallest absolute Gasteiger partial charge is 0.373 e. The van der Waals surface area contributed by atoms with Crippen LogP contribution in [0.1, 0.15) is 27.8 Å². The van der Waals surface area contributed by atoms with E-state index in [0.29, 0.717) is 11.5 Å². The number of furan rings is 2. The number of carbonyl (C=O) groups is 3. The van der Waals surface area contributed by atoms with Gasteiger partial charge in [-0.15, -0.1) is 0 Å². The molecular weight excluding hydrogens is 316 g/mol. The van der Waals surface area contributed by atoms with Gasteiger partial charge in [0.1, 0.15) is 23.0 Å². The predicted octanol–water partition coefficient (Wildman–Crippen LogP) is 2.06. The number of urea groups is 1. The van der Waals surface area contributed by atoms with E-state index in [-0.39, 0.29) is 23.8 Å². The summed E-state index contributed by atoms with van der Waals surface area (Å²) in [7, 11) is 1.23. The molecule has 1 saturated heterocycles. The largest absolute Gasteiger partial charge is 0.463 e. The molecule has 0 aromatic carbocycles. The quantitative estimate of drug-likeness (QED) is 0.523. The maximum Gasteiger partial charge on any atom is 0.373 e. The van der Waals surface area contributed by atoms with Crippen LogP contribution >= 0.6 is 0 Å². The average Bonchev–Trinajstić information content (AvgIpc) is 3.24. The first-order valence-electron chi connectivity index (χ1n) is 7.06. The zero-order valence-electron chi connectivity index (χ0n) is 13.0. The minimum atomic E-state index is -0.632. The second-order valence-corrected chi connectivity index (χ2v) is 5.09. The van der Waals surface area contributed by atoms with Crippen LogP contribution in [-0.2, 0) is 16.1 Å². The van der Waals surface area contributed by atoms with Crippen LogP contribution in [0.5, 0.6) is 0 Å². The van der Waals surface area contributed by atoms with Crippen molar-refractivity contribution in [2.24, 2.45) is 0 Å². The van der Waals surface area contributed by atoms with E-state index in [1.807, 2.05) is 0 Å². The number of imide groups is 1. The Bertz CT molecular complexity index is 844. The zero-order valence-corrected chi connectivity index (χ0v) is 13.0. The number of aryl methyl sites for hydroxylation is 1. The van der Waals surface area contributed by atoms with E-state index in [2.05, 4.69) is 10.1 Å². The second kappa shape index (κ2) is 6.07. The second-order valence-electron chi connectivity index (χ2n) is 5.09. The predicted molar refractivity (Wildman–Crippen MR) is 80.6 cm³/mol. The highest BCUT2D eigenvalue weighted by atomic mass is 16.5. The lowest BCUT2D eigenvalue weighted by molar-refractivity contribution is -0.123. The summed E-state index contributed by atoms with van der Waals surface area (Å²) in [5, 5.41) is 2.48. The Labute approximate surface area is 136 Å². The van der Waals surface area contributed by atoms with Gasteiger partial charge >= 0.3 is 12.0 Å². The molecule has 0 spiro atoms. The Morgan fingerprint density at radius 3 is 2.71 bits per heavy atom. The van der Waals surface area contributed by atoms with E-state index < -0.39 is 17.9 Å². The van der Waals surface area contributed by atoms with Gasteiger partial charge in [-0.1, -0.05) is 0 Å². The van der Waals surface area contributed by atoms with Crippen LogP contribution in [-0.4, -0.2) is 29.9 Å². The molecule has 124 valence electrons. The number of nitrogens with zero attached hydrogens (tertiary/aromatic N) is 1. The average molecular weight is 330 g/mol. The van der Waals surface area contributed by atoms with Crippen LogP contribution in [0.15, 0.2) is 38.8 Å². The fraction of sp³-hybridized carbons (Fsp3) is 0.188. The number of rotatable bonds is 4. The van der Waals surface area contributed by atoms with Crippen LogP contribution in [0.2, 0.25) is 0 Å². The van der Waals surface area contributed by atoms with E-state index in [1.54, 1.807) is 19.1 Å². The Morgan fingerprint density at radius 1 is 1.25 bits per heavy atom. The fourth-order valence-corrected chi connectivity index (χ4v) is 2.22. The molecule has 8 heteroatoms. The van der Waals surface area contributed by atoms with Crippen LogP contribution in [0.25, 0.3) is 6.08 Å². The lowest BCUT2D eigenvalue weighted by Gasteiger charge is -2.09. The van der Waals surface area contributed by atoms with Gasteiger partial charge < -0.3 is 18.9 Å². The molecule has 1 aliphatic rings. The molecule has 0 bridgehead atoms. The third-order valence-corrected chi connectivity index (χ3v) is 3.37. The molecule has 3 rings (SSSR count). The van der Waals surface area contributed by atoms with Gasteiger partial charge in [0.2, 0.25) is 5.76 Å². The van der Waals surface area contributed by atoms with Crippen molar-refractivity contribution in [3.05, 3.63) is 53.0 Å². The summed E-state index contributed by atoms with van der Waals surface area (Å²) in [5.41, 5.74) is 0.106. The van der Waals surface area contributed by atoms with Gasteiger partial charge in [-0.2, -0.15) is 0 Å². The minimum Gasteiger partial charge on any atom is -0.463 e. The number of hydrogen-bond donors (Lipinski definition) is 1. The van der Waals surface area contributed by atoms with Crippen LogP contribution in [0.4, 0.5) is 4.79 Å². The van der Waals surface area contributed by atoms with Crippen LogP contribution in [0.3, 0.4) is 0 Å². The Morgan fingerprint density at radius 2 is 2.04 bits per heavy atom. The summed E-state index contributed by atoms with van der Waals surface area (Å²) in [6.07, 6.45) is 1.45. The first-order valence-corrected chi connectivity index (χ1v) is 7.06. The van der Waals surface area contributed by atoms with Crippen molar-refractivity contribution in [2.45, 2.75) is 13.5 Å². The van der Waals surface area contributed by atoms with Gasteiger partial charge in [0.25, 0.3) is 5.91 Å². The van der Waals surface area contributed by atoms with Gasteiger partial charge in [0.15, 0.2) is 0 Å². The lowest BCUT2D eigenvalue weighted by Crippen LogP contribution is -2.30. The van der Waals surface area contributed by atoms with Gasteiger partial charge in [-0.25, -0.2) is 9.59 Å².